The summed E-state index contributed by atoms with van der Waals surface area (Å²) in [5.74, 6) is 0.767. The van der Waals surface area contributed by atoms with E-state index in [1.165, 1.54) is 0 Å². The van der Waals surface area contributed by atoms with E-state index in [9.17, 15) is 4.79 Å². The molecule has 1 aliphatic rings. The van der Waals surface area contributed by atoms with Gasteiger partial charge >= 0.3 is 5.69 Å². The van der Waals surface area contributed by atoms with Crippen LogP contribution in [0.3, 0.4) is 0 Å². The monoisotopic (exact) mass is 535 g/mol. The molecule has 2 aromatic heterocycles. The number of nitrogens with one attached hydrogen (secondary N) is 1. The average Bonchev–Trinajstić information content (AvgIpc) is 3.24. The molecule has 3 heterocycles. The maximum absolute atomic E-state index is 13.6. The minimum atomic E-state index is -0.162. The van der Waals surface area contributed by atoms with Crippen molar-refractivity contribution in [3.8, 4) is 17.4 Å². The van der Waals surface area contributed by atoms with Crippen LogP contribution in [0.25, 0.3) is 16.7 Å². The summed E-state index contributed by atoms with van der Waals surface area (Å²) in [4.78, 5) is 20.7. The first kappa shape index (κ1) is 25.7. The number of rotatable bonds is 8. The Morgan fingerprint density at radius 1 is 0.875 bits per heavy atom. The van der Waals surface area contributed by atoms with E-state index < -0.39 is 0 Å². The Hall–Kier alpha value is -4.56. The first-order valence-corrected chi connectivity index (χ1v) is 13.6. The fraction of sp³-hybridized carbons (Fsp3) is 0.250. The summed E-state index contributed by atoms with van der Waals surface area (Å²) in [6, 6.07) is 30.1. The van der Waals surface area contributed by atoms with Crippen LogP contribution in [-0.4, -0.2) is 39.8 Å². The van der Waals surface area contributed by atoms with E-state index in [0.29, 0.717) is 36.7 Å². The highest BCUT2D eigenvalue weighted by atomic mass is 16.5. The largest absolute Gasteiger partial charge is 0.473 e. The van der Waals surface area contributed by atoms with Gasteiger partial charge in [-0.15, -0.1) is 0 Å². The number of aromatic nitrogens is 3. The van der Waals surface area contributed by atoms with E-state index in [1.807, 2.05) is 72.8 Å². The van der Waals surface area contributed by atoms with E-state index in [2.05, 4.69) is 29.3 Å². The van der Waals surface area contributed by atoms with Gasteiger partial charge < -0.3 is 19.7 Å². The van der Waals surface area contributed by atoms with Crippen LogP contribution in [0.5, 0.6) is 11.8 Å². The van der Waals surface area contributed by atoms with Gasteiger partial charge in [-0.3, -0.25) is 9.13 Å². The van der Waals surface area contributed by atoms with Gasteiger partial charge in [0.15, 0.2) is 0 Å². The van der Waals surface area contributed by atoms with Crippen molar-refractivity contribution in [3.63, 3.8) is 0 Å². The summed E-state index contributed by atoms with van der Waals surface area (Å²) in [5, 5.41) is 3.49. The normalized spacial score (nSPS) is 15.3. The predicted octanol–water partition coefficient (Wildman–Crippen LogP) is 4.68. The number of nitrogens with zero attached hydrogens (tertiary/aromatic N) is 4. The number of ether oxygens (including phenoxy) is 2. The van der Waals surface area contributed by atoms with Crippen LogP contribution in [-0.2, 0) is 20.3 Å². The molecule has 5 aromatic rings. The van der Waals surface area contributed by atoms with E-state index in [4.69, 9.17) is 14.5 Å². The molecule has 1 fully saturated rings. The van der Waals surface area contributed by atoms with Crippen molar-refractivity contribution in [1.29, 1.82) is 0 Å². The summed E-state index contributed by atoms with van der Waals surface area (Å²) < 4.78 is 15.6. The van der Waals surface area contributed by atoms with Gasteiger partial charge in [0, 0.05) is 44.5 Å². The lowest BCUT2D eigenvalue weighted by Gasteiger charge is -2.33. The zero-order valence-corrected chi connectivity index (χ0v) is 22.8. The van der Waals surface area contributed by atoms with Gasteiger partial charge in [0.05, 0.1) is 11.0 Å². The third-order valence-corrected chi connectivity index (χ3v) is 7.28. The number of hydrogen-bond acceptors (Lipinski definition) is 6. The Morgan fingerprint density at radius 2 is 1.57 bits per heavy atom. The topological polar surface area (TPSA) is 73.6 Å². The van der Waals surface area contributed by atoms with E-state index in [0.717, 1.165) is 47.5 Å². The molecule has 204 valence electrons. The molecule has 40 heavy (non-hydrogen) atoms. The van der Waals surface area contributed by atoms with E-state index in [-0.39, 0.29) is 5.69 Å². The number of benzene rings is 3. The minimum absolute atomic E-state index is 0.162. The van der Waals surface area contributed by atoms with Crippen molar-refractivity contribution in [3.05, 3.63) is 113 Å². The fourth-order valence-electron chi connectivity index (χ4n) is 5.15. The molecule has 0 saturated carbocycles. The lowest BCUT2D eigenvalue weighted by molar-refractivity contribution is 0.267. The van der Waals surface area contributed by atoms with Crippen molar-refractivity contribution in [2.75, 3.05) is 24.5 Å². The van der Waals surface area contributed by atoms with Crippen LogP contribution in [0.2, 0.25) is 0 Å². The second kappa shape index (κ2) is 11.3. The molecule has 6 rings (SSSR count). The molecule has 3 aromatic carbocycles. The predicted molar refractivity (Wildman–Crippen MR) is 158 cm³/mol. The summed E-state index contributed by atoms with van der Waals surface area (Å²) in [6.07, 6.45) is 0. The standard InChI is InChI=1S/C32H33N5O3/c1-23-20-36(18-17-33-23)26-13-14-27-29(19-26)35(2)32(38)37(27)28-15-16-30(39-21-24-9-5-3-6-10-24)34-31(28)40-22-25-11-7-4-8-12-25/h3-16,19,23,33H,17-18,20-22H2,1-2H3/t23-/m0/s1. The van der Waals surface area contributed by atoms with Crippen LogP contribution in [0.1, 0.15) is 18.1 Å². The molecule has 8 nitrogen and oxygen atoms in total. The summed E-state index contributed by atoms with van der Waals surface area (Å²) in [5.41, 5.74) is 5.21. The maximum Gasteiger partial charge on any atom is 0.333 e. The van der Waals surface area contributed by atoms with Crippen LogP contribution in [0, 0.1) is 0 Å². The van der Waals surface area contributed by atoms with Crippen molar-refractivity contribution < 1.29 is 9.47 Å². The Kier molecular flexibility index (Phi) is 7.25. The van der Waals surface area contributed by atoms with Gasteiger partial charge in [0.25, 0.3) is 0 Å². The molecule has 1 aliphatic heterocycles. The number of hydrogen-bond donors (Lipinski definition) is 1. The number of pyridine rings is 1. The number of piperazine rings is 1. The Bertz CT molecular complexity index is 1660. The minimum Gasteiger partial charge on any atom is -0.473 e. The van der Waals surface area contributed by atoms with Gasteiger partial charge in [0.2, 0.25) is 11.8 Å². The van der Waals surface area contributed by atoms with Gasteiger partial charge in [-0.25, -0.2) is 4.79 Å². The third kappa shape index (κ3) is 5.31. The molecular weight excluding hydrogens is 502 g/mol. The molecule has 1 N–H and O–H groups in total. The smallest absolute Gasteiger partial charge is 0.333 e. The number of fused-ring (bicyclic) bond motifs is 1. The lowest BCUT2D eigenvalue weighted by Crippen LogP contribution is -2.49. The lowest BCUT2D eigenvalue weighted by atomic mass is 10.2. The molecular formula is C32H33N5O3. The summed E-state index contributed by atoms with van der Waals surface area (Å²) in [6.45, 7) is 5.67. The molecule has 0 spiro atoms. The molecule has 0 amide bonds. The second-order valence-corrected chi connectivity index (χ2v) is 10.2. The zero-order chi connectivity index (χ0) is 27.5. The van der Waals surface area contributed by atoms with Crippen LogP contribution >= 0.6 is 0 Å². The molecule has 0 bridgehead atoms. The third-order valence-electron chi connectivity index (χ3n) is 7.28. The summed E-state index contributed by atoms with van der Waals surface area (Å²) in [7, 11) is 1.81. The van der Waals surface area contributed by atoms with E-state index in [1.54, 1.807) is 22.2 Å². The highest BCUT2D eigenvalue weighted by molar-refractivity contribution is 5.82. The Balaban J connectivity index is 1.37. The molecule has 0 unspecified atom stereocenters. The number of aryl methyl sites for hydroxylation is 1. The second-order valence-electron chi connectivity index (χ2n) is 10.2. The molecule has 1 atom stereocenters. The first-order chi connectivity index (χ1) is 19.6. The van der Waals surface area contributed by atoms with Gasteiger partial charge in [-0.2, -0.15) is 4.98 Å². The quantitative estimate of drug-likeness (QED) is 0.311. The number of anilines is 1. The SMILES string of the molecule is C[C@H]1CN(c2ccc3c(c2)n(C)c(=O)n3-c2ccc(OCc3ccccc3)nc2OCc2ccccc2)CCN1. The zero-order valence-electron chi connectivity index (χ0n) is 22.8. The van der Waals surface area contributed by atoms with Crippen LogP contribution in [0.15, 0.2) is 95.8 Å². The maximum atomic E-state index is 13.6. The van der Waals surface area contributed by atoms with Crippen molar-refractivity contribution >= 4 is 16.7 Å². The molecule has 0 radical (unpaired) electrons. The van der Waals surface area contributed by atoms with Gasteiger partial charge in [-0.1, -0.05) is 60.7 Å². The molecule has 1 saturated heterocycles. The highest BCUT2D eigenvalue weighted by Gasteiger charge is 2.21. The fourth-order valence-corrected chi connectivity index (χ4v) is 5.15. The number of imidazole rings is 1. The van der Waals surface area contributed by atoms with Crippen molar-refractivity contribution in [2.45, 2.75) is 26.2 Å². The highest BCUT2D eigenvalue weighted by Crippen LogP contribution is 2.29. The van der Waals surface area contributed by atoms with Gasteiger partial charge in [0.1, 0.15) is 18.9 Å². The van der Waals surface area contributed by atoms with Crippen LogP contribution < -0.4 is 25.4 Å². The Morgan fingerprint density at radius 3 is 2.27 bits per heavy atom. The van der Waals surface area contributed by atoms with Crippen LogP contribution in [0.4, 0.5) is 5.69 Å². The van der Waals surface area contributed by atoms with Crippen molar-refractivity contribution in [2.24, 2.45) is 7.05 Å². The molecule has 0 aliphatic carbocycles. The first-order valence-electron chi connectivity index (χ1n) is 13.6. The summed E-state index contributed by atoms with van der Waals surface area (Å²) >= 11 is 0. The van der Waals surface area contributed by atoms with Crippen molar-refractivity contribution in [1.82, 2.24) is 19.4 Å². The van der Waals surface area contributed by atoms with E-state index >= 15 is 0 Å². The molecule has 8 heteroatoms. The average molecular weight is 536 g/mol. The Labute approximate surface area is 233 Å². The van der Waals surface area contributed by atoms with Gasteiger partial charge in [-0.05, 0) is 42.3 Å².